The van der Waals surface area contributed by atoms with Gasteiger partial charge in [-0.15, -0.1) is 0 Å². The number of carbonyl (C=O) groups excluding carboxylic acids is 2. The maximum absolute atomic E-state index is 11.6. The molecule has 0 atom stereocenters. The molecule has 0 unspecified atom stereocenters. The van der Waals surface area contributed by atoms with Crippen molar-refractivity contribution >= 4 is 11.9 Å². The summed E-state index contributed by atoms with van der Waals surface area (Å²) in [7, 11) is 1.56. The highest BCUT2D eigenvalue weighted by Gasteiger charge is 2.07. The van der Waals surface area contributed by atoms with Gasteiger partial charge in [-0.25, -0.2) is 0 Å². The summed E-state index contributed by atoms with van der Waals surface area (Å²) >= 11 is 0. The number of hydrogen-bond donors (Lipinski definition) is 0. The SMILES string of the molecule is CCCCCCCCCCCCCCCOC(=O)CCCC(=O)OCCOC. The zero-order valence-electron chi connectivity index (χ0n) is 18.5. The maximum Gasteiger partial charge on any atom is 0.305 e. The highest BCUT2D eigenvalue weighted by molar-refractivity contribution is 5.72. The molecule has 0 bridgehead atoms. The Balaban J connectivity index is 3.23. The topological polar surface area (TPSA) is 61.8 Å². The first-order valence-corrected chi connectivity index (χ1v) is 11.5. The minimum Gasteiger partial charge on any atom is -0.466 e. The highest BCUT2D eigenvalue weighted by Crippen LogP contribution is 2.12. The number of rotatable bonds is 21. The van der Waals surface area contributed by atoms with Gasteiger partial charge in [0.25, 0.3) is 0 Å². The zero-order valence-corrected chi connectivity index (χ0v) is 18.5. The largest absolute Gasteiger partial charge is 0.466 e. The Kier molecular flexibility index (Phi) is 21.3. The van der Waals surface area contributed by atoms with E-state index in [1.807, 2.05) is 0 Å². The molecule has 166 valence electrons. The van der Waals surface area contributed by atoms with Gasteiger partial charge in [0.05, 0.1) is 13.2 Å². The van der Waals surface area contributed by atoms with Crippen molar-refractivity contribution in [2.45, 2.75) is 110 Å². The molecule has 0 saturated carbocycles. The van der Waals surface area contributed by atoms with Crippen molar-refractivity contribution in [2.75, 3.05) is 26.9 Å². The molecule has 0 amide bonds. The first kappa shape index (κ1) is 26.9. The van der Waals surface area contributed by atoms with Crippen molar-refractivity contribution in [3.63, 3.8) is 0 Å². The predicted octanol–water partition coefficient (Wildman–Crippen LogP) is 5.98. The van der Waals surface area contributed by atoms with Crippen LogP contribution in [0.1, 0.15) is 110 Å². The lowest BCUT2D eigenvalue weighted by Crippen LogP contribution is -2.11. The lowest BCUT2D eigenvalue weighted by Gasteiger charge is -2.06. The van der Waals surface area contributed by atoms with Crippen LogP contribution in [0, 0.1) is 0 Å². The molecule has 0 aromatic rings. The molecular weight excluding hydrogens is 356 g/mol. The van der Waals surface area contributed by atoms with E-state index in [2.05, 4.69) is 6.92 Å². The van der Waals surface area contributed by atoms with E-state index >= 15 is 0 Å². The second-order valence-electron chi connectivity index (χ2n) is 7.53. The third-order valence-corrected chi connectivity index (χ3v) is 4.82. The van der Waals surface area contributed by atoms with Crippen LogP contribution >= 0.6 is 0 Å². The van der Waals surface area contributed by atoms with Crippen LogP contribution in [-0.4, -0.2) is 38.9 Å². The van der Waals surface area contributed by atoms with Gasteiger partial charge in [0.15, 0.2) is 0 Å². The molecule has 0 aliphatic carbocycles. The van der Waals surface area contributed by atoms with Crippen LogP contribution in [0.25, 0.3) is 0 Å². The van der Waals surface area contributed by atoms with Crippen molar-refractivity contribution in [1.29, 1.82) is 0 Å². The zero-order chi connectivity index (χ0) is 20.7. The van der Waals surface area contributed by atoms with E-state index in [1.54, 1.807) is 7.11 Å². The average Bonchev–Trinajstić information content (AvgIpc) is 2.68. The Morgan fingerprint density at radius 2 is 0.964 bits per heavy atom. The van der Waals surface area contributed by atoms with Crippen molar-refractivity contribution in [3.05, 3.63) is 0 Å². The molecular formula is C23H44O5. The molecule has 0 aromatic carbocycles. The van der Waals surface area contributed by atoms with Gasteiger partial charge in [-0.05, 0) is 12.8 Å². The van der Waals surface area contributed by atoms with E-state index in [4.69, 9.17) is 14.2 Å². The van der Waals surface area contributed by atoms with Gasteiger partial charge in [0.2, 0.25) is 0 Å². The van der Waals surface area contributed by atoms with Crippen LogP contribution in [0.5, 0.6) is 0 Å². The summed E-state index contributed by atoms with van der Waals surface area (Å²) in [5, 5.41) is 0. The predicted molar refractivity (Wildman–Crippen MR) is 113 cm³/mol. The maximum atomic E-state index is 11.6. The number of methoxy groups -OCH3 is 1. The van der Waals surface area contributed by atoms with E-state index in [0.29, 0.717) is 19.6 Å². The summed E-state index contributed by atoms with van der Waals surface area (Å²) in [6.45, 7) is 3.41. The number of hydrogen-bond acceptors (Lipinski definition) is 5. The molecule has 0 spiro atoms. The van der Waals surface area contributed by atoms with E-state index in [-0.39, 0.29) is 31.4 Å². The standard InChI is InChI=1S/C23H44O5/c1-3-4-5-6-7-8-9-10-11-12-13-14-15-19-27-22(24)17-16-18-23(25)28-21-20-26-2/h3-21H2,1-2H3. The summed E-state index contributed by atoms with van der Waals surface area (Å²) < 4.78 is 14.9. The third kappa shape index (κ3) is 21.2. The Morgan fingerprint density at radius 1 is 0.536 bits per heavy atom. The second-order valence-corrected chi connectivity index (χ2v) is 7.53. The number of carbonyl (C=O) groups is 2. The van der Waals surface area contributed by atoms with Gasteiger partial charge in [0, 0.05) is 20.0 Å². The van der Waals surface area contributed by atoms with E-state index in [1.165, 1.54) is 70.6 Å². The van der Waals surface area contributed by atoms with Crippen molar-refractivity contribution in [3.8, 4) is 0 Å². The molecule has 0 aromatic heterocycles. The van der Waals surface area contributed by atoms with E-state index < -0.39 is 0 Å². The normalized spacial score (nSPS) is 10.8. The lowest BCUT2D eigenvalue weighted by atomic mass is 10.0. The molecule has 0 rings (SSSR count). The molecule has 0 heterocycles. The fourth-order valence-electron chi connectivity index (χ4n) is 3.07. The van der Waals surface area contributed by atoms with Crippen molar-refractivity contribution in [1.82, 2.24) is 0 Å². The molecule has 5 nitrogen and oxygen atoms in total. The van der Waals surface area contributed by atoms with Crippen molar-refractivity contribution in [2.24, 2.45) is 0 Å². The van der Waals surface area contributed by atoms with Gasteiger partial charge < -0.3 is 14.2 Å². The second kappa shape index (κ2) is 22.2. The summed E-state index contributed by atoms with van der Waals surface area (Å²) in [5.74, 6) is -0.509. The number of esters is 2. The van der Waals surface area contributed by atoms with Gasteiger partial charge in [-0.2, -0.15) is 0 Å². The van der Waals surface area contributed by atoms with Gasteiger partial charge in [0.1, 0.15) is 6.61 Å². The van der Waals surface area contributed by atoms with E-state index in [0.717, 1.165) is 12.8 Å². The Labute approximate surface area is 172 Å². The summed E-state index contributed by atoms with van der Waals surface area (Å²) in [5.41, 5.74) is 0. The molecule has 0 aliphatic rings. The summed E-state index contributed by atoms with van der Waals surface area (Å²) in [4.78, 5) is 23.0. The van der Waals surface area contributed by atoms with Gasteiger partial charge in [-0.3, -0.25) is 9.59 Å². The third-order valence-electron chi connectivity index (χ3n) is 4.82. The molecule has 0 fully saturated rings. The molecule has 0 saturated heterocycles. The molecule has 28 heavy (non-hydrogen) atoms. The molecule has 5 heteroatoms. The smallest absolute Gasteiger partial charge is 0.305 e. The van der Waals surface area contributed by atoms with Crippen LogP contribution in [0.15, 0.2) is 0 Å². The van der Waals surface area contributed by atoms with E-state index in [9.17, 15) is 9.59 Å². The first-order chi connectivity index (χ1) is 13.7. The Morgan fingerprint density at radius 3 is 1.43 bits per heavy atom. The summed E-state index contributed by atoms with van der Waals surface area (Å²) in [6.07, 6.45) is 18.0. The van der Waals surface area contributed by atoms with Gasteiger partial charge >= 0.3 is 11.9 Å². The monoisotopic (exact) mass is 400 g/mol. The molecule has 0 N–H and O–H groups in total. The molecule has 0 aliphatic heterocycles. The Hall–Kier alpha value is -1.10. The van der Waals surface area contributed by atoms with Crippen LogP contribution in [0.2, 0.25) is 0 Å². The van der Waals surface area contributed by atoms with Crippen molar-refractivity contribution < 1.29 is 23.8 Å². The average molecular weight is 401 g/mol. The van der Waals surface area contributed by atoms with Crippen LogP contribution in [0.4, 0.5) is 0 Å². The lowest BCUT2D eigenvalue weighted by molar-refractivity contribution is -0.146. The molecule has 0 radical (unpaired) electrons. The highest BCUT2D eigenvalue weighted by atomic mass is 16.6. The fraction of sp³-hybridized carbons (Fsp3) is 0.913. The number of ether oxygens (including phenoxy) is 3. The first-order valence-electron chi connectivity index (χ1n) is 11.5. The van der Waals surface area contributed by atoms with Crippen LogP contribution in [0.3, 0.4) is 0 Å². The quantitative estimate of drug-likeness (QED) is 0.175. The summed E-state index contributed by atoms with van der Waals surface area (Å²) in [6, 6.07) is 0. The minimum absolute atomic E-state index is 0.219. The number of unbranched alkanes of at least 4 members (excludes halogenated alkanes) is 12. The minimum atomic E-state index is -0.290. The van der Waals surface area contributed by atoms with Crippen LogP contribution < -0.4 is 0 Å². The van der Waals surface area contributed by atoms with Gasteiger partial charge in [-0.1, -0.05) is 84.0 Å². The van der Waals surface area contributed by atoms with Crippen LogP contribution in [-0.2, 0) is 23.8 Å². The Bertz CT molecular complexity index is 357. The fourth-order valence-corrected chi connectivity index (χ4v) is 3.07.